The lowest BCUT2D eigenvalue weighted by Crippen LogP contribution is -2.35. The second-order valence-corrected chi connectivity index (χ2v) is 7.50. The fraction of sp³-hybridized carbons (Fsp3) is 0.304. The molecule has 0 bridgehead atoms. The van der Waals surface area contributed by atoms with Crippen molar-refractivity contribution in [3.05, 3.63) is 70.9 Å². The molecule has 0 spiro atoms. The van der Waals surface area contributed by atoms with Gasteiger partial charge in [0, 0.05) is 5.69 Å². The monoisotopic (exact) mass is 432 g/mol. The minimum absolute atomic E-state index is 0.0407. The highest BCUT2D eigenvalue weighted by Gasteiger charge is 2.39. The average Bonchev–Trinajstić information content (AvgIpc) is 2.92. The van der Waals surface area contributed by atoms with Crippen LogP contribution < -0.4 is 5.32 Å². The molecule has 0 unspecified atom stereocenters. The van der Waals surface area contributed by atoms with Gasteiger partial charge < -0.3 is 10.1 Å². The summed E-state index contributed by atoms with van der Waals surface area (Å²) in [4.78, 5) is 27.2. The number of aryl methyl sites for hydroxylation is 1. The van der Waals surface area contributed by atoms with Crippen molar-refractivity contribution in [2.45, 2.75) is 33.1 Å². The predicted octanol–water partition coefficient (Wildman–Crippen LogP) is 4.63. The molecule has 2 aromatic carbocycles. The molecule has 5 nitrogen and oxygen atoms in total. The van der Waals surface area contributed by atoms with E-state index < -0.39 is 23.6 Å². The molecule has 2 amide bonds. The zero-order valence-electron chi connectivity index (χ0n) is 17.4. The number of halogens is 3. The van der Waals surface area contributed by atoms with Crippen molar-refractivity contribution in [1.82, 2.24) is 4.90 Å². The Morgan fingerprint density at radius 1 is 1.03 bits per heavy atom. The smallest absolute Gasteiger partial charge is 0.377 e. The Hall–Kier alpha value is -3.13. The fourth-order valence-electron chi connectivity index (χ4n) is 3.18. The first-order valence-electron chi connectivity index (χ1n) is 9.81. The molecule has 0 aliphatic carbocycles. The number of anilines is 1. The maximum atomic E-state index is 13.1. The number of carbonyl (C=O) groups is 2. The lowest BCUT2D eigenvalue weighted by atomic mass is 10.0. The van der Waals surface area contributed by atoms with Crippen molar-refractivity contribution in [2.24, 2.45) is 0 Å². The van der Waals surface area contributed by atoms with Gasteiger partial charge in [0.2, 0.25) is 0 Å². The van der Waals surface area contributed by atoms with Crippen LogP contribution in [-0.4, -0.2) is 36.0 Å². The number of imide groups is 1. The summed E-state index contributed by atoms with van der Waals surface area (Å²) in [5.74, 6) is -1.12. The van der Waals surface area contributed by atoms with E-state index in [0.29, 0.717) is 5.56 Å². The van der Waals surface area contributed by atoms with Crippen molar-refractivity contribution < 1.29 is 27.5 Å². The summed E-state index contributed by atoms with van der Waals surface area (Å²) in [5.41, 5.74) is 0.746. The molecule has 0 aromatic heterocycles. The normalized spacial score (nSPS) is 14.7. The van der Waals surface area contributed by atoms with Crippen LogP contribution in [0.1, 0.15) is 30.5 Å². The summed E-state index contributed by atoms with van der Waals surface area (Å²) in [6.07, 6.45) is -4.60. The van der Waals surface area contributed by atoms with Gasteiger partial charge in [-0.1, -0.05) is 35.9 Å². The highest BCUT2D eigenvalue weighted by atomic mass is 19.4. The summed E-state index contributed by atoms with van der Waals surface area (Å²) >= 11 is 0. The van der Waals surface area contributed by atoms with E-state index >= 15 is 0 Å². The minimum Gasteiger partial charge on any atom is -0.377 e. The zero-order valence-corrected chi connectivity index (χ0v) is 17.4. The van der Waals surface area contributed by atoms with Gasteiger partial charge in [0.1, 0.15) is 5.70 Å². The van der Waals surface area contributed by atoms with E-state index in [4.69, 9.17) is 4.74 Å². The van der Waals surface area contributed by atoms with Crippen molar-refractivity contribution >= 4 is 23.1 Å². The van der Waals surface area contributed by atoms with Gasteiger partial charge in [0.15, 0.2) is 0 Å². The van der Waals surface area contributed by atoms with Crippen LogP contribution in [0.25, 0.3) is 5.57 Å². The van der Waals surface area contributed by atoms with Gasteiger partial charge in [-0.05, 0) is 44.5 Å². The molecule has 1 aliphatic rings. The van der Waals surface area contributed by atoms with Gasteiger partial charge in [-0.15, -0.1) is 0 Å². The third-order valence-electron chi connectivity index (χ3n) is 4.73. The molecule has 0 saturated carbocycles. The molecule has 1 N–H and O–H groups in total. The molecule has 0 fully saturated rings. The van der Waals surface area contributed by atoms with E-state index in [9.17, 15) is 22.8 Å². The largest absolute Gasteiger partial charge is 0.416 e. The van der Waals surface area contributed by atoms with E-state index in [1.165, 1.54) is 12.1 Å². The van der Waals surface area contributed by atoms with Crippen LogP contribution in [-0.2, 0) is 20.5 Å². The Labute approximate surface area is 178 Å². The fourth-order valence-corrected chi connectivity index (χ4v) is 3.18. The summed E-state index contributed by atoms with van der Waals surface area (Å²) in [6, 6.07) is 11.5. The third kappa shape index (κ3) is 5.14. The van der Waals surface area contributed by atoms with Crippen LogP contribution in [0.5, 0.6) is 0 Å². The van der Waals surface area contributed by atoms with Gasteiger partial charge in [-0.2, -0.15) is 13.2 Å². The lowest BCUT2D eigenvalue weighted by Gasteiger charge is -2.16. The van der Waals surface area contributed by atoms with E-state index in [1.807, 2.05) is 20.8 Å². The van der Waals surface area contributed by atoms with Crippen LogP contribution >= 0.6 is 0 Å². The summed E-state index contributed by atoms with van der Waals surface area (Å²) in [5, 5.41) is 2.75. The maximum absolute atomic E-state index is 13.1. The first-order valence-corrected chi connectivity index (χ1v) is 9.81. The topological polar surface area (TPSA) is 58.6 Å². The number of nitrogens with one attached hydrogen (secondary N) is 1. The molecule has 164 valence electrons. The molecule has 0 saturated heterocycles. The third-order valence-corrected chi connectivity index (χ3v) is 4.73. The SMILES string of the molecule is Cc1ccc(C2=C(Nc3cccc(C(F)(F)F)c3)C(=O)N(CCOC(C)C)C2=O)cc1. The van der Waals surface area contributed by atoms with Gasteiger partial charge in [-0.25, -0.2) is 0 Å². The van der Waals surface area contributed by atoms with Crippen molar-refractivity contribution in [3.8, 4) is 0 Å². The molecule has 8 heteroatoms. The number of nitrogens with zero attached hydrogens (tertiary/aromatic N) is 1. The highest BCUT2D eigenvalue weighted by Crippen LogP contribution is 2.33. The first kappa shape index (κ1) is 22.6. The molecule has 3 rings (SSSR count). The quantitative estimate of drug-likeness (QED) is 0.648. The Bertz CT molecular complexity index is 1010. The average molecular weight is 432 g/mol. The molecular formula is C23H23F3N2O3. The second-order valence-electron chi connectivity index (χ2n) is 7.50. The highest BCUT2D eigenvalue weighted by molar-refractivity contribution is 6.36. The Balaban J connectivity index is 1.98. The molecular weight excluding hydrogens is 409 g/mol. The molecule has 31 heavy (non-hydrogen) atoms. The van der Waals surface area contributed by atoms with E-state index in [-0.39, 0.29) is 36.2 Å². The van der Waals surface area contributed by atoms with Gasteiger partial charge in [0.05, 0.1) is 30.4 Å². The number of benzene rings is 2. The van der Waals surface area contributed by atoms with Crippen molar-refractivity contribution in [2.75, 3.05) is 18.5 Å². The van der Waals surface area contributed by atoms with Crippen LogP contribution in [0.4, 0.5) is 18.9 Å². The van der Waals surface area contributed by atoms with Crippen LogP contribution in [0, 0.1) is 6.92 Å². The Morgan fingerprint density at radius 3 is 2.32 bits per heavy atom. The number of rotatable bonds is 7. The number of carbonyl (C=O) groups excluding carboxylic acids is 2. The van der Waals surface area contributed by atoms with Crippen molar-refractivity contribution in [3.63, 3.8) is 0 Å². The molecule has 1 heterocycles. The summed E-state index contributed by atoms with van der Waals surface area (Å²) in [6.45, 7) is 5.76. The van der Waals surface area contributed by atoms with E-state index in [1.54, 1.807) is 24.3 Å². The number of amides is 2. The number of hydrogen-bond donors (Lipinski definition) is 1. The predicted molar refractivity (Wildman–Crippen MR) is 111 cm³/mol. The Morgan fingerprint density at radius 2 is 1.71 bits per heavy atom. The van der Waals surface area contributed by atoms with Crippen LogP contribution in [0.15, 0.2) is 54.2 Å². The van der Waals surface area contributed by atoms with Crippen LogP contribution in [0.3, 0.4) is 0 Å². The molecule has 1 aliphatic heterocycles. The standard InChI is InChI=1S/C23H23F3N2O3/c1-14(2)31-12-11-28-21(29)19(16-9-7-15(3)8-10-16)20(22(28)30)27-18-6-4-5-17(13-18)23(24,25)26/h4-10,13-14,27H,11-12H2,1-3H3. The number of alkyl halides is 3. The molecule has 0 radical (unpaired) electrons. The lowest BCUT2D eigenvalue weighted by molar-refractivity contribution is -0.138. The zero-order chi connectivity index (χ0) is 22.8. The van der Waals surface area contributed by atoms with E-state index in [0.717, 1.165) is 22.6 Å². The minimum atomic E-state index is -4.53. The van der Waals surface area contributed by atoms with E-state index in [2.05, 4.69) is 5.32 Å². The van der Waals surface area contributed by atoms with Gasteiger partial charge in [0.25, 0.3) is 11.8 Å². The van der Waals surface area contributed by atoms with Gasteiger partial charge in [-0.3, -0.25) is 14.5 Å². The second kappa shape index (κ2) is 8.93. The first-order chi connectivity index (χ1) is 14.6. The summed E-state index contributed by atoms with van der Waals surface area (Å²) < 4.78 is 44.7. The Kier molecular flexibility index (Phi) is 6.50. The molecule has 0 atom stereocenters. The number of ether oxygens (including phenoxy) is 1. The molecule has 2 aromatic rings. The number of hydrogen-bond acceptors (Lipinski definition) is 4. The maximum Gasteiger partial charge on any atom is 0.416 e. The van der Waals surface area contributed by atoms with Gasteiger partial charge >= 0.3 is 6.18 Å². The summed E-state index contributed by atoms with van der Waals surface area (Å²) in [7, 11) is 0. The van der Waals surface area contributed by atoms with Crippen molar-refractivity contribution in [1.29, 1.82) is 0 Å². The van der Waals surface area contributed by atoms with Crippen LogP contribution in [0.2, 0.25) is 0 Å².